The normalized spacial score (nSPS) is 18.7. The van der Waals surface area contributed by atoms with E-state index in [0.717, 1.165) is 23.3 Å². The summed E-state index contributed by atoms with van der Waals surface area (Å²) in [5, 5.41) is 11.9. The van der Waals surface area contributed by atoms with Gasteiger partial charge in [-0.2, -0.15) is 0 Å². The molecule has 0 saturated carbocycles. The number of nitrogens with two attached hydrogens (primary N) is 1. The number of oxime groups is 1. The van der Waals surface area contributed by atoms with E-state index < -0.39 is 21.3 Å². The van der Waals surface area contributed by atoms with Crippen LogP contribution in [0.5, 0.6) is 0 Å². The number of hydrogen-bond donors (Lipinski definition) is 2. The number of halogens is 1. The van der Waals surface area contributed by atoms with Crippen molar-refractivity contribution in [1.82, 2.24) is 0 Å². The molecule has 6 nitrogen and oxygen atoms in total. The second kappa shape index (κ2) is 8.95. The lowest BCUT2D eigenvalue weighted by molar-refractivity contribution is 0.0800. The molecule has 3 aromatic carbocycles. The molecule has 0 aromatic heterocycles. The zero-order chi connectivity index (χ0) is 24.5. The van der Waals surface area contributed by atoms with E-state index in [1.54, 1.807) is 24.3 Å². The van der Waals surface area contributed by atoms with Crippen molar-refractivity contribution in [2.24, 2.45) is 10.9 Å². The van der Waals surface area contributed by atoms with Gasteiger partial charge in [-0.05, 0) is 43.7 Å². The van der Waals surface area contributed by atoms with Crippen LogP contribution in [0, 0.1) is 12.7 Å². The van der Waals surface area contributed by atoms with Crippen LogP contribution in [0.3, 0.4) is 0 Å². The number of ether oxygens (including phenoxy) is 1. The van der Waals surface area contributed by atoms with Gasteiger partial charge in [-0.1, -0.05) is 59.3 Å². The van der Waals surface area contributed by atoms with E-state index in [2.05, 4.69) is 5.16 Å². The molecule has 176 valence electrons. The van der Waals surface area contributed by atoms with E-state index in [0.29, 0.717) is 17.5 Å². The van der Waals surface area contributed by atoms with Crippen molar-refractivity contribution < 1.29 is 22.8 Å². The van der Waals surface area contributed by atoms with Crippen molar-refractivity contribution >= 4 is 21.4 Å². The highest BCUT2D eigenvalue weighted by atomic mass is 32.2. The maximum atomic E-state index is 13.6. The molecule has 1 aliphatic rings. The molecule has 3 N–H and O–H groups in total. The van der Waals surface area contributed by atoms with E-state index in [4.69, 9.17) is 15.7 Å². The standard InChI is InChI=1S/C26H25FN2O4S/c1-17-3-5-18(6-4-17)15-26(2)16-23(34(31,32)22-13-11-21(27)12-14-22)24(33-26)19-7-9-20(10-8-19)25(28)29-30/h3-14,30H,15-16H2,1-2H3,(H2,28,29). The van der Waals surface area contributed by atoms with Crippen LogP contribution in [0.15, 0.2) is 87.8 Å². The SMILES string of the molecule is Cc1ccc(CC2(C)CC(S(=O)(=O)c3ccc(F)cc3)=C(c3ccc(/C(N)=N/O)cc3)O2)cc1. The number of hydrogen-bond acceptors (Lipinski definition) is 5. The predicted octanol–water partition coefficient (Wildman–Crippen LogP) is 4.79. The number of sulfone groups is 1. The zero-order valence-electron chi connectivity index (χ0n) is 18.8. The maximum Gasteiger partial charge on any atom is 0.206 e. The van der Waals surface area contributed by atoms with E-state index in [1.807, 2.05) is 38.1 Å². The molecule has 0 saturated heterocycles. The lowest BCUT2D eigenvalue weighted by Crippen LogP contribution is -2.27. The summed E-state index contributed by atoms with van der Waals surface area (Å²) in [6.45, 7) is 3.88. The topological polar surface area (TPSA) is 102 Å². The molecule has 34 heavy (non-hydrogen) atoms. The maximum absolute atomic E-state index is 13.6. The second-order valence-corrected chi connectivity index (χ2v) is 10.6. The van der Waals surface area contributed by atoms with Gasteiger partial charge in [0.15, 0.2) is 5.84 Å². The van der Waals surface area contributed by atoms with Crippen LogP contribution >= 0.6 is 0 Å². The molecule has 1 atom stereocenters. The van der Waals surface area contributed by atoms with Crippen molar-refractivity contribution in [1.29, 1.82) is 0 Å². The van der Waals surface area contributed by atoms with Gasteiger partial charge in [-0.3, -0.25) is 0 Å². The Kier molecular flexibility index (Phi) is 6.18. The molecule has 0 radical (unpaired) electrons. The Bertz CT molecular complexity index is 1360. The first-order valence-electron chi connectivity index (χ1n) is 10.7. The largest absolute Gasteiger partial charge is 0.485 e. The molecule has 3 aromatic rings. The molecule has 8 heteroatoms. The summed E-state index contributed by atoms with van der Waals surface area (Å²) in [6, 6.07) is 19.4. The quantitative estimate of drug-likeness (QED) is 0.174. The van der Waals surface area contributed by atoms with Crippen molar-refractivity contribution in [3.63, 3.8) is 0 Å². The fourth-order valence-corrected chi connectivity index (χ4v) is 5.72. The van der Waals surface area contributed by atoms with Gasteiger partial charge in [0.05, 0.1) is 9.80 Å². The van der Waals surface area contributed by atoms with E-state index >= 15 is 0 Å². The van der Waals surface area contributed by atoms with Crippen LogP contribution in [0.25, 0.3) is 5.76 Å². The lowest BCUT2D eigenvalue weighted by Gasteiger charge is -2.25. The monoisotopic (exact) mass is 480 g/mol. The highest BCUT2D eigenvalue weighted by molar-refractivity contribution is 7.95. The van der Waals surface area contributed by atoms with E-state index in [9.17, 15) is 12.8 Å². The summed E-state index contributed by atoms with van der Waals surface area (Å²) in [6.07, 6.45) is 0.652. The minimum absolute atomic E-state index is 0.00198. The van der Waals surface area contributed by atoms with Crippen molar-refractivity contribution in [3.8, 4) is 0 Å². The van der Waals surface area contributed by atoms with Gasteiger partial charge in [0, 0.05) is 24.0 Å². The van der Waals surface area contributed by atoms with Crippen LogP contribution in [0.1, 0.15) is 35.6 Å². The number of amidine groups is 1. The van der Waals surface area contributed by atoms with Crippen LogP contribution in [0.2, 0.25) is 0 Å². The summed E-state index contributed by atoms with van der Waals surface area (Å²) in [4.78, 5) is 0.128. The number of rotatable bonds is 6. The van der Waals surface area contributed by atoms with Crippen molar-refractivity contribution in [2.45, 2.75) is 37.2 Å². The number of aryl methyl sites for hydroxylation is 1. The molecule has 0 amide bonds. The van der Waals surface area contributed by atoms with Gasteiger partial charge in [0.2, 0.25) is 9.84 Å². The first-order chi connectivity index (χ1) is 16.1. The summed E-state index contributed by atoms with van der Waals surface area (Å²) >= 11 is 0. The molecule has 0 bridgehead atoms. The minimum Gasteiger partial charge on any atom is -0.485 e. The smallest absolute Gasteiger partial charge is 0.206 e. The molecule has 0 fully saturated rings. The molecule has 1 heterocycles. The van der Waals surface area contributed by atoms with Crippen LogP contribution in [-0.2, 0) is 21.0 Å². The summed E-state index contributed by atoms with van der Waals surface area (Å²) in [5.74, 6) is -0.333. The Labute approximate surface area is 198 Å². The third-order valence-corrected chi connectivity index (χ3v) is 7.71. The highest BCUT2D eigenvalue weighted by Crippen LogP contribution is 2.45. The van der Waals surface area contributed by atoms with Gasteiger partial charge >= 0.3 is 0 Å². The van der Waals surface area contributed by atoms with Gasteiger partial charge < -0.3 is 15.7 Å². The Balaban J connectivity index is 1.77. The summed E-state index contributed by atoms with van der Waals surface area (Å²) in [5.41, 5.74) is 8.02. The molecule has 0 spiro atoms. The third-order valence-electron chi connectivity index (χ3n) is 5.83. The number of benzene rings is 3. The van der Waals surface area contributed by atoms with Crippen LogP contribution in [0.4, 0.5) is 4.39 Å². The number of nitrogens with zero attached hydrogens (tertiary/aromatic N) is 1. The Morgan fingerprint density at radius 1 is 1.06 bits per heavy atom. The average Bonchev–Trinajstić information content (AvgIpc) is 3.18. The summed E-state index contributed by atoms with van der Waals surface area (Å²) in [7, 11) is -3.95. The van der Waals surface area contributed by atoms with Gasteiger partial charge in [0.25, 0.3) is 0 Å². The van der Waals surface area contributed by atoms with Crippen molar-refractivity contribution in [3.05, 3.63) is 106 Å². The van der Waals surface area contributed by atoms with Gasteiger partial charge in [0.1, 0.15) is 17.2 Å². The van der Waals surface area contributed by atoms with E-state index in [-0.39, 0.29) is 27.8 Å². The first kappa shape index (κ1) is 23.5. The van der Waals surface area contributed by atoms with Crippen molar-refractivity contribution in [2.75, 3.05) is 0 Å². The Morgan fingerprint density at radius 2 is 1.68 bits per heavy atom. The van der Waals surface area contributed by atoms with E-state index in [1.165, 1.54) is 12.1 Å². The fraction of sp³-hybridized carbons (Fsp3) is 0.192. The lowest BCUT2D eigenvalue weighted by atomic mass is 9.93. The Morgan fingerprint density at radius 3 is 2.26 bits per heavy atom. The molecule has 1 aliphatic heterocycles. The summed E-state index contributed by atoms with van der Waals surface area (Å²) < 4.78 is 47.0. The first-order valence-corrected chi connectivity index (χ1v) is 12.2. The average molecular weight is 481 g/mol. The molecular weight excluding hydrogens is 455 g/mol. The Hall–Kier alpha value is -3.65. The van der Waals surface area contributed by atoms with Crippen LogP contribution in [-0.4, -0.2) is 25.1 Å². The molecular formula is C26H25FN2O4S. The van der Waals surface area contributed by atoms with Crippen LogP contribution < -0.4 is 5.73 Å². The molecule has 1 unspecified atom stereocenters. The van der Waals surface area contributed by atoms with Gasteiger partial charge in [-0.25, -0.2) is 12.8 Å². The molecule has 0 aliphatic carbocycles. The zero-order valence-corrected chi connectivity index (χ0v) is 19.6. The minimum atomic E-state index is -3.95. The third kappa shape index (κ3) is 4.68. The molecule has 4 rings (SSSR count). The second-order valence-electron chi connectivity index (χ2n) is 8.66. The highest BCUT2D eigenvalue weighted by Gasteiger charge is 2.43. The predicted molar refractivity (Wildman–Crippen MR) is 128 cm³/mol. The fourth-order valence-electron chi connectivity index (χ4n) is 4.04. The van der Waals surface area contributed by atoms with Gasteiger partial charge in [-0.15, -0.1) is 0 Å².